The van der Waals surface area contributed by atoms with Gasteiger partial charge in [0.2, 0.25) is 0 Å². The van der Waals surface area contributed by atoms with Gasteiger partial charge in [0, 0.05) is 11.6 Å². The number of benzene rings is 2. The summed E-state index contributed by atoms with van der Waals surface area (Å²) < 4.78 is 9.77. The van der Waals surface area contributed by atoms with Gasteiger partial charge < -0.3 is 29.9 Å². The van der Waals surface area contributed by atoms with Crippen LogP contribution in [0.15, 0.2) is 42.5 Å². The SMILES string of the molecule is COC(=O)CC(OC(=O)/C=C/c1ccc(O)c(O)c1)c1cc(O)ccc1O. The second-order valence-electron chi connectivity index (χ2n) is 5.53. The van der Waals surface area contributed by atoms with E-state index < -0.39 is 18.0 Å². The van der Waals surface area contributed by atoms with Gasteiger partial charge >= 0.3 is 11.9 Å². The number of esters is 2. The van der Waals surface area contributed by atoms with Crippen molar-refractivity contribution in [2.24, 2.45) is 0 Å². The Balaban J connectivity index is 2.19. The number of ether oxygens (including phenoxy) is 2. The first-order chi connectivity index (χ1) is 12.8. The van der Waals surface area contributed by atoms with Crippen LogP contribution in [-0.4, -0.2) is 39.5 Å². The van der Waals surface area contributed by atoms with Crippen LogP contribution in [-0.2, 0) is 19.1 Å². The zero-order valence-corrected chi connectivity index (χ0v) is 14.3. The van der Waals surface area contributed by atoms with Crippen molar-refractivity contribution < 1.29 is 39.5 Å². The van der Waals surface area contributed by atoms with Gasteiger partial charge in [-0.1, -0.05) is 6.07 Å². The standard InChI is InChI=1S/C19H18O8/c1-26-19(25)10-17(13-9-12(20)4-6-14(13)21)27-18(24)7-3-11-2-5-15(22)16(23)8-11/h2-9,17,20-23H,10H2,1H3/b7-3+. The zero-order valence-electron chi connectivity index (χ0n) is 14.3. The van der Waals surface area contributed by atoms with E-state index in [1.54, 1.807) is 0 Å². The fraction of sp³-hybridized carbons (Fsp3) is 0.158. The second-order valence-corrected chi connectivity index (χ2v) is 5.53. The van der Waals surface area contributed by atoms with Gasteiger partial charge in [-0.05, 0) is 42.0 Å². The fourth-order valence-corrected chi connectivity index (χ4v) is 2.24. The highest BCUT2D eigenvalue weighted by Crippen LogP contribution is 2.33. The normalized spacial score (nSPS) is 11.9. The Morgan fingerprint density at radius 3 is 2.37 bits per heavy atom. The van der Waals surface area contributed by atoms with Crippen LogP contribution in [0.2, 0.25) is 0 Å². The molecule has 2 rings (SSSR count). The molecule has 4 N–H and O–H groups in total. The number of hydrogen-bond donors (Lipinski definition) is 4. The van der Waals surface area contributed by atoms with Crippen molar-refractivity contribution in [2.75, 3.05) is 7.11 Å². The van der Waals surface area contributed by atoms with Crippen LogP contribution in [0, 0.1) is 0 Å². The predicted molar refractivity (Wildman–Crippen MR) is 94.0 cm³/mol. The molecule has 8 heteroatoms. The Bertz CT molecular complexity index is 872. The lowest BCUT2D eigenvalue weighted by atomic mass is 10.0. The number of hydrogen-bond acceptors (Lipinski definition) is 8. The summed E-state index contributed by atoms with van der Waals surface area (Å²) in [4.78, 5) is 23.7. The molecule has 0 aliphatic rings. The monoisotopic (exact) mass is 374 g/mol. The van der Waals surface area contributed by atoms with Gasteiger partial charge in [-0.25, -0.2) is 4.79 Å². The Labute approximate surface area is 154 Å². The molecule has 1 unspecified atom stereocenters. The zero-order chi connectivity index (χ0) is 20.0. The van der Waals surface area contributed by atoms with E-state index >= 15 is 0 Å². The van der Waals surface area contributed by atoms with E-state index in [1.165, 1.54) is 49.6 Å². The molecule has 0 amide bonds. The molecule has 0 aromatic heterocycles. The molecular weight excluding hydrogens is 356 g/mol. The number of aromatic hydroxyl groups is 4. The summed E-state index contributed by atoms with van der Waals surface area (Å²) >= 11 is 0. The Morgan fingerprint density at radius 1 is 1.00 bits per heavy atom. The first kappa shape index (κ1) is 19.6. The maximum atomic E-state index is 12.1. The molecule has 0 fully saturated rings. The third-order valence-corrected chi connectivity index (χ3v) is 3.61. The van der Waals surface area contributed by atoms with Gasteiger partial charge in [-0.2, -0.15) is 0 Å². The highest BCUT2D eigenvalue weighted by molar-refractivity contribution is 5.87. The van der Waals surface area contributed by atoms with E-state index in [1.807, 2.05) is 0 Å². The number of carbonyl (C=O) groups is 2. The molecule has 0 bridgehead atoms. The van der Waals surface area contributed by atoms with E-state index in [4.69, 9.17) is 4.74 Å². The second kappa shape index (κ2) is 8.61. The minimum absolute atomic E-state index is 0.0458. The van der Waals surface area contributed by atoms with Crippen LogP contribution >= 0.6 is 0 Å². The molecular formula is C19H18O8. The van der Waals surface area contributed by atoms with E-state index in [9.17, 15) is 30.0 Å². The molecule has 2 aromatic rings. The van der Waals surface area contributed by atoms with Crippen molar-refractivity contribution in [1.29, 1.82) is 0 Å². The van der Waals surface area contributed by atoms with Crippen molar-refractivity contribution in [3.05, 3.63) is 53.6 Å². The van der Waals surface area contributed by atoms with Crippen LogP contribution in [0.25, 0.3) is 6.08 Å². The van der Waals surface area contributed by atoms with Crippen LogP contribution in [0.1, 0.15) is 23.7 Å². The van der Waals surface area contributed by atoms with Crippen LogP contribution in [0.5, 0.6) is 23.0 Å². The van der Waals surface area contributed by atoms with Crippen LogP contribution < -0.4 is 0 Å². The molecule has 1 atom stereocenters. The van der Waals surface area contributed by atoms with E-state index in [2.05, 4.69) is 4.74 Å². The van der Waals surface area contributed by atoms with Crippen molar-refractivity contribution >= 4 is 18.0 Å². The Morgan fingerprint density at radius 2 is 1.70 bits per heavy atom. The third-order valence-electron chi connectivity index (χ3n) is 3.61. The highest BCUT2D eigenvalue weighted by Gasteiger charge is 2.23. The molecule has 0 saturated heterocycles. The largest absolute Gasteiger partial charge is 0.508 e. The summed E-state index contributed by atoms with van der Waals surface area (Å²) in [5.74, 6) is -2.60. The number of rotatable bonds is 6. The molecule has 0 heterocycles. The van der Waals surface area contributed by atoms with Crippen molar-refractivity contribution in [2.45, 2.75) is 12.5 Å². The first-order valence-electron chi connectivity index (χ1n) is 7.79. The summed E-state index contributed by atoms with van der Waals surface area (Å²) in [5.41, 5.74) is 0.469. The maximum absolute atomic E-state index is 12.1. The lowest BCUT2D eigenvalue weighted by molar-refractivity contribution is -0.150. The number of phenols is 4. The average molecular weight is 374 g/mol. The Kier molecular flexibility index (Phi) is 6.27. The smallest absolute Gasteiger partial charge is 0.331 e. The summed E-state index contributed by atoms with van der Waals surface area (Å²) in [6.45, 7) is 0. The molecule has 142 valence electrons. The molecule has 2 aromatic carbocycles. The summed E-state index contributed by atoms with van der Waals surface area (Å²) in [6, 6.07) is 7.59. The minimum Gasteiger partial charge on any atom is -0.508 e. The molecule has 0 radical (unpaired) electrons. The number of methoxy groups -OCH3 is 1. The van der Waals surface area contributed by atoms with Gasteiger partial charge in [0.1, 0.15) is 17.6 Å². The van der Waals surface area contributed by atoms with Crippen LogP contribution in [0.4, 0.5) is 0 Å². The molecule has 0 spiro atoms. The van der Waals surface area contributed by atoms with Crippen molar-refractivity contribution in [1.82, 2.24) is 0 Å². The van der Waals surface area contributed by atoms with Gasteiger partial charge in [0.05, 0.1) is 13.5 Å². The van der Waals surface area contributed by atoms with Gasteiger partial charge in [0.25, 0.3) is 0 Å². The maximum Gasteiger partial charge on any atom is 0.331 e. The first-order valence-corrected chi connectivity index (χ1v) is 7.79. The summed E-state index contributed by atoms with van der Waals surface area (Å²) in [7, 11) is 1.17. The summed E-state index contributed by atoms with van der Waals surface area (Å²) in [5, 5.41) is 38.2. The van der Waals surface area contributed by atoms with Gasteiger partial charge in [0.15, 0.2) is 11.5 Å². The fourth-order valence-electron chi connectivity index (χ4n) is 2.24. The van der Waals surface area contributed by atoms with Crippen molar-refractivity contribution in [3.8, 4) is 23.0 Å². The Hall–Kier alpha value is -3.68. The van der Waals surface area contributed by atoms with Gasteiger partial charge in [-0.3, -0.25) is 4.79 Å². The number of carbonyl (C=O) groups excluding carboxylic acids is 2. The molecule has 0 aliphatic carbocycles. The average Bonchev–Trinajstić information content (AvgIpc) is 2.64. The quantitative estimate of drug-likeness (QED) is 0.262. The molecule has 0 saturated carbocycles. The molecule has 27 heavy (non-hydrogen) atoms. The predicted octanol–water partition coefficient (Wildman–Crippen LogP) is 2.37. The number of phenolic OH excluding ortho intramolecular Hbond substituents is 4. The van der Waals surface area contributed by atoms with E-state index in [-0.39, 0.29) is 35.0 Å². The third kappa shape index (κ3) is 5.40. The minimum atomic E-state index is -1.19. The van der Waals surface area contributed by atoms with Crippen LogP contribution in [0.3, 0.4) is 0 Å². The lowest BCUT2D eigenvalue weighted by Crippen LogP contribution is -2.15. The molecule has 0 aliphatic heterocycles. The summed E-state index contributed by atoms with van der Waals surface area (Å²) in [6.07, 6.45) is 0.831. The van der Waals surface area contributed by atoms with Gasteiger partial charge in [-0.15, -0.1) is 0 Å². The lowest BCUT2D eigenvalue weighted by Gasteiger charge is -2.17. The highest BCUT2D eigenvalue weighted by atomic mass is 16.6. The topological polar surface area (TPSA) is 134 Å². The van der Waals surface area contributed by atoms with E-state index in [0.717, 1.165) is 6.08 Å². The molecule has 8 nitrogen and oxygen atoms in total. The van der Waals surface area contributed by atoms with E-state index in [0.29, 0.717) is 5.56 Å². The van der Waals surface area contributed by atoms with Crippen molar-refractivity contribution in [3.63, 3.8) is 0 Å².